The number of halogens is 1. The first-order valence-corrected chi connectivity index (χ1v) is 9.83. The lowest BCUT2D eigenvalue weighted by molar-refractivity contribution is 0.0624. The Morgan fingerprint density at radius 2 is 2.00 bits per heavy atom. The number of benzene rings is 1. The SMILES string of the molecule is CC1C=C(c2c(S(C)(=O)=O)ccc(C(=O)c3c[nH]n(C)c3=O)c2Cl)NO1. The van der Waals surface area contributed by atoms with Crippen LogP contribution in [0, 0.1) is 0 Å². The molecule has 0 saturated carbocycles. The van der Waals surface area contributed by atoms with Gasteiger partial charge in [-0.1, -0.05) is 11.6 Å². The first-order chi connectivity index (χ1) is 12.1. The number of H-pyrrole nitrogens is 1. The van der Waals surface area contributed by atoms with E-state index in [0.717, 1.165) is 10.9 Å². The van der Waals surface area contributed by atoms with E-state index >= 15 is 0 Å². The van der Waals surface area contributed by atoms with Crippen molar-refractivity contribution in [1.82, 2.24) is 15.3 Å². The number of hydroxylamine groups is 1. The number of nitrogens with zero attached hydrogens (tertiary/aromatic N) is 1. The molecule has 0 radical (unpaired) electrons. The minimum atomic E-state index is -3.63. The summed E-state index contributed by atoms with van der Waals surface area (Å²) in [6, 6.07) is 2.60. The van der Waals surface area contributed by atoms with Gasteiger partial charge in [-0.25, -0.2) is 8.42 Å². The van der Waals surface area contributed by atoms with Gasteiger partial charge in [0.2, 0.25) is 5.78 Å². The second kappa shape index (κ2) is 6.42. The average Bonchev–Trinajstić information content (AvgIpc) is 3.12. The number of carbonyl (C=O) groups is 1. The van der Waals surface area contributed by atoms with E-state index in [-0.39, 0.29) is 32.7 Å². The van der Waals surface area contributed by atoms with Crippen LogP contribution in [0.5, 0.6) is 0 Å². The first-order valence-electron chi connectivity index (χ1n) is 7.56. The van der Waals surface area contributed by atoms with Crippen LogP contribution in [0.2, 0.25) is 5.02 Å². The number of carbonyl (C=O) groups excluding carboxylic acids is 1. The maximum atomic E-state index is 12.8. The molecule has 0 aliphatic carbocycles. The van der Waals surface area contributed by atoms with Gasteiger partial charge in [-0.15, -0.1) is 0 Å². The summed E-state index contributed by atoms with van der Waals surface area (Å²) in [6.07, 6.45) is 3.68. The van der Waals surface area contributed by atoms with E-state index in [2.05, 4.69) is 10.6 Å². The van der Waals surface area contributed by atoms with Gasteiger partial charge in [-0.3, -0.25) is 24.6 Å². The fourth-order valence-corrected chi connectivity index (χ4v) is 3.96. The van der Waals surface area contributed by atoms with E-state index in [4.69, 9.17) is 16.4 Å². The smallest absolute Gasteiger partial charge is 0.277 e. The summed E-state index contributed by atoms with van der Waals surface area (Å²) < 4.78 is 25.5. The van der Waals surface area contributed by atoms with Gasteiger partial charge >= 0.3 is 0 Å². The van der Waals surface area contributed by atoms with Crippen LogP contribution in [0.3, 0.4) is 0 Å². The number of ketones is 1. The van der Waals surface area contributed by atoms with E-state index in [1.807, 2.05) is 0 Å². The van der Waals surface area contributed by atoms with Crippen molar-refractivity contribution in [3.8, 4) is 0 Å². The van der Waals surface area contributed by atoms with Crippen molar-refractivity contribution in [2.75, 3.05) is 6.26 Å². The zero-order valence-electron chi connectivity index (χ0n) is 14.2. The third-order valence-corrected chi connectivity index (χ3v) is 5.49. The third-order valence-electron chi connectivity index (χ3n) is 3.96. The fourth-order valence-electron chi connectivity index (χ4n) is 2.66. The highest BCUT2D eigenvalue weighted by Crippen LogP contribution is 2.35. The highest BCUT2D eigenvalue weighted by Gasteiger charge is 2.28. The van der Waals surface area contributed by atoms with Gasteiger partial charge < -0.3 is 5.10 Å². The molecule has 2 heterocycles. The van der Waals surface area contributed by atoms with Crippen molar-refractivity contribution < 1.29 is 18.0 Å². The molecule has 0 saturated heterocycles. The molecule has 1 unspecified atom stereocenters. The number of hydrogen-bond donors (Lipinski definition) is 2. The molecule has 0 bridgehead atoms. The number of aromatic nitrogens is 2. The molecule has 3 rings (SSSR count). The molecular weight excluding hydrogens is 382 g/mol. The molecular formula is C16H16ClN3O5S. The number of rotatable bonds is 4. The summed E-state index contributed by atoms with van der Waals surface area (Å²) in [5, 5.41) is 2.55. The van der Waals surface area contributed by atoms with Gasteiger partial charge in [0.05, 0.1) is 15.6 Å². The van der Waals surface area contributed by atoms with Gasteiger partial charge in [-0.2, -0.15) is 0 Å². The van der Waals surface area contributed by atoms with Crippen molar-refractivity contribution in [2.24, 2.45) is 7.05 Å². The summed E-state index contributed by atoms with van der Waals surface area (Å²) in [5.74, 6) is -0.606. The van der Waals surface area contributed by atoms with Gasteiger partial charge in [0.15, 0.2) is 9.84 Å². The molecule has 138 valence electrons. The first kappa shape index (κ1) is 18.4. The normalized spacial score (nSPS) is 17.1. The standard InChI is InChI=1S/C16H16ClN3O5S/c1-8-6-11(19-25-8)13-12(26(3,23)24)5-4-9(14(13)17)15(21)10-7-18-20(2)16(10)22/h4-8,18-19H,1-3H3. The Hall–Kier alpha value is -2.36. The van der Waals surface area contributed by atoms with E-state index in [9.17, 15) is 18.0 Å². The lowest BCUT2D eigenvalue weighted by atomic mass is 10.0. The van der Waals surface area contributed by atoms with Crippen LogP contribution in [0.4, 0.5) is 0 Å². The van der Waals surface area contributed by atoms with E-state index in [0.29, 0.717) is 5.70 Å². The number of nitrogens with one attached hydrogen (secondary N) is 2. The summed E-state index contributed by atoms with van der Waals surface area (Å²) >= 11 is 6.41. The molecule has 2 aromatic rings. The molecule has 1 atom stereocenters. The lowest BCUT2D eigenvalue weighted by Gasteiger charge is -2.14. The minimum Gasteiger partial charge on any atom is -0.302 e. The molecule has 0 amide bonds. The lowest BCUT2D eigenvalue weighted by Crippen LogP contribution is -2.20. The quantitative estimate of drug-likeness (QED) is 0.751. The topological polar surface area (TPSA) is 110 Å². The molecule has 1 aliphatic heterocycles. The molecule has 8 nitrogen and oxygen atoms in total. The van der Waals surface area contributed by atoms with E-state index in [1.165, 1.54) is 25.4 Å². The van der Waals surface area contributed by atoms with Gasteiger partial charge in [0.1, 0.15) is 11.7 Å². The Morgan fingerprint density at radius 3 is 2.50 bits per heavy atom. The predicted molar refractivity (Wildman–Crippen MR) is 95.7 cm³/mol. The Morgan fingerprint density at radius 1 is 1.31 bits per heavy atom. The Bertz CT molecular complexity index is 1100. The van der Waals surface area contributed by atoms with Crippen LogP contribution < -0.4 is 11.0 Å². The fraction of sp³-hybridized carbons (Fsp3) is 0.250. The number of sulfone groups is 1. The predicted octanol–water partition coefficient (Wildman–Crippen LogP) is 1.27. The van der Waals surface area contributed by atoms with Crippen LogP contribution in [0.15, 0.2) is 34.1 Å². The molecule has 0 spiro atoms. The maximum Gasteiger partial charge on any atom is 0.277 e. The van der Waals surface area contributed by atoms with Gasteiger partial charge in [0.25, 0.3) is 5.56 Å². The summed E-state index contributed by atoms with van der Waals surface area (Å²) in [5.41, 5.74) is 2.53. The van der Waals surface area contributed by atoms with Crippen LogP contribution in [-0.4, -0.2) is 36.3 Å². The van der Waals surface area contributed by atoms with E-state index in [1.54, 1.807) is 13.0 Å². The summed E-state index contributed by atoms with van der Waals surface area (Å²) in [7, 11) is -2.15. The molecule has 2 N–H and O–H groups in total. The minimum absolute atomic E-state index is 0.0213. The second-order valence-corrected chi connectivity index (χ2v) is 8.32. The largest absolute Gasteiger partial charge is 0.302 e. The van der Waals surface area contributed by atoms with Crippen molar-refractivity contribution in [2.45, 2.75) is 17.9 Å². The second-order valence-electron chi connectivity index (χ2n) is 5.96. The van der Waals surface area contributed by atoms with Crippen molar-refractivity contribution in [3.63, 3.8) is 0 Å². The summed E-state index contributed by atoms with van der Waals surface area (Å²) in [4.78, 5) is 30.0. The maximum absolute atomic E-state index is 12.8. The Labute approximate surface area is 154 Å². The zero-order chi connectivity index (χ0) is 19.2. The molecule has 26 heavy (non-hydrogen) atoms. The van der Waals surface area contributed by atoms with E-state index < -0.39 is 21.2 Å². The number of aryl methyl sites for hydroxylation is 1. The third kappa shape index (κ3) is 3.09. The van der Waals surface area contributed by atoms with Gasteiger partial charge in [-0.05, 0) is 25.1 Å². The van der Waals surface area contributed by atoms with Crippen molar-refractivity contribution in [3.05, 3.63) is 56.5 Å². The average molecular weight is 398 g/mol. The zero-order valence-corrected chi connectivity index (χ0v) is 15.7. The highest BCUT2D eigenvalue weighted by molar-refractivity contribution is 7.90. The van der Waals surface area contributed by atoms with Crippen molar-refractivity contribution in [1.29, 1.82) is 0 Å². The molecule has 1 aromatic heterocycles. The monoisotopic (exact) mass is 397 g/mol. The molecule has 0 fully saturated rings. The van der Waals surface area contributed by atoms with Crippen molar-refractivity contribution >= 4 is 32.9 Å². The highest BCUT2D eigenvalue weighted by atomic mass is 35.5. The molecule has 1 aliphatic rings. The Kier molecular flexibility index (Phi) is 4.55. The number of hydrogen-bond acceptors (Lipinski definition) is 6. The van der Waals surface area contributed by atoms with Crippen LogP contribution in [-0.2, 0) is 21.7 Å². The molecule has 10 heteroatoms. The van der Waals surface area contributed by atoms with Crippen LogP contribution in [0.25, 0.3) is 5.70 Å². The summed E-state index contributed by atoms with van der Waals surface area (Å²) in [6.45, 7) is 1.76. The van der Waals surface area contributed by atoms with Gasteiger partial charge in [0, 0.05) is 30.6 Å². The number of aromatic amines is 1. The van der Waals surface area contributed by atoms with Crippen LogP contribution in [0.1, 0.15) is 28.4 Å². The Balaban J connectivity index is 2.24. The van der Waals surface area contributed by atoms with Crippen LogP contribution >= 0.6 is 11.6 Å². The molecule has 1 aromatic carbocycles.